The van der Waals surface area contributed by atoms with Crippen molar-refractivity contribution in [2.24, 2.45) is 0 Å². The molecule has 8 heteroatoms. The average Bonchev–Trinajstić information content (AvgIpc) is 3.63. The number of nitrogens with one attached hydrogen (secondary N) is 1. The standard InChI is InChI=1S/C29H19N5O2S/c35-27(20-7-2-1-3-8-20)22-9-4-5-10-23(22)29(36)30-21-14-12-19(13-15-21)24-16-17-26-31-32-28(34(26)33-24)25-11-6-18-37-25/h1-18H,(H,30,36). The highest BCUT2D eigenvalue weighted by Gasteiger charge is 2.18. The molecular weight excluding hydrogens is 482 g/mol. The Hall–Kier alpha value is -4.95. The number of amides is 1. The molecule has 3 aromatic heterocycles. The van der Waals surface area contributed by atoms with E-state index in [1.165, 1.54) is 0 Å². The van der Waals surface area contributed by atoms with Crippen LogP contribution in [0.3, 0.4) is 0 Å². The zero-order valence-electron chi connectivity index (χ0n) is 19.4. The third-order valence-electron chi connectivity index (χ3n) is 5.90. The predicted molar refractivity (Wildman–Crippen MR) is 144 cm³/mol. The second-order valence-electron chi connectivity index (χ2n) is 8.26. The number of carbonyl (C=O) groups excluding carboxylic acids is 2. The van der Waals surface area contributed by atoms with Crippen LogP contribution in [-0.2, 0) is 0 Å². The molecule has 3 aromatic carbocycles. The van der Waals surface area contributed by atoms with Crippen LogP contribution in [0.5, 0.6) is 0 Å². The van der Waals surface area contributed by atoms with Gasteiger partial charge in [0.1, 0.15) is 0 Å². The topological polar surface area (TPSA) is 89.2 Å². The van der Waals surface area contributed by atoms with E-state index in [4.69, 9.17) is 5.10 Å². The number of hydrogen-bond donors (Lipinski definition) is 1. The number of nitrogens with zero attached hydrogens (tertiary/aromatic N) is 4. The highest BCUT2D eigenvalue weighted by atomic mass is 32.1. The minimum absolute atomic E-state index is 0.195. The van der Waals surface area contributed by atoms with Crippen LogP contribution in [0.4, 0.5) is 5.69 Å². The van der Waals surface area contributed by atoms with Crippen molar-refractivity contribution in [2.45, 2.75) is 0 Å². The van der Waals surface area contributed by atoms with Crippen LogP contribution in [0.1, 0.15) is 26.3 Å². The van der Waals surface area contributed by atoms with Crippen LogP contribution in [-0.4, -0.2) is 31.5 Å². The summed E-state index contributed by atoms with van der Waals surface area (Å²) >= 11 is 1.58. The van der Waals surface area contributed by atoms with Gasteiger partial charge in [0.05, 0.1) is 16.1 Å². The number of anilines is 1. The summed E-state index contributed by atoms with van der Waals surface area (Å²) in [4.78, 5) is 27.1. The van der Waals surface area contributed by atoms with Crippen molar-refractivity contribution in [1.82, 2.24) is 19.8 Å². The second kappa shape index (κ2) is 9.60. The van der Waals surface area contributed by atoms with E-state index in [0.29, 0.717) is 33.8 Å². The fourth-order valence-electron chi connectivity index (χ4n) is 4.05. The van der Waals surface area contributed by atoms with Crippen molar-refractivity contribution in [3.05, 3.63) is 125 Å². The SMILES string of the molecule is O=C(Nc1ccc(-c2ccc3nnc(-c4cccs4)n3n2)cc1)c1ccccc1C(=O)c1ccccc1. The number of thiophene rings is 1. The van der Waals surface area contributed by atoms with Crippen molar-refractivity contribution >= 4 is 34.4 Å². The fourth-order valence-corrected chi connectivity index (χ4v) is 4.74. The van der Waals surface area contributed by atoms with Gasteiger partial charge < -0.3 is 5.32 Å². The summed E-state index contributed by atoms with van der Waals surface area (Å²) in [5.41, 5.74) is 4.12. The Balaban J connectivity index is 1.24. The number of rotatable bonds is 6. The molecule has 1 amide bonds. The maximum Gasteiger partial charge on any atom is 0.256 e. The number of benzene rings is 3. The molecule has 0 saturated heterocycles. The predicted octanol–water partition coefficient (Wildman–Crippen LogP) is 6.00. The Labute approximate surface area is 216 Å². The van der Waals surface area contributed by atoms with Crippen molar-refractivity contribution in [3.8, 4) is 22.0 Å². The maximum atomic E-state index is 13.1. The molecule has 0 aliphatic heterocycles. The molecule has 0 saturated carbocycles. The summed E-state index contributed by atoms with van der Waals surface area (Å²) in [6, 6.07) is 30.9. The lowest BCUT2D eigenvalue weighted by Gasteiger charge is -2.10. The molecule has 1 N–H and O–H groups in total. The molecule has 0 aliphatic rings. The third-order valence-corrected chi connectivity index (χ3v) is 6.76. The molecule has 0 aliphatic carbocycles. The maximum absolute atomic E-state index is 13.1. The number of aromatic nitrogens is 4. The highest BCUT2D eigenvalue weighted by molar-refractivity contribution is 7.13. The van der Waals surface area contributed by atoms with Gasteiger partial charge >= 0.3 is 0 Å². The number of ketones is 1. The van der Waals surface area contributed by atoms with E-state index < -0.39 is 0 Å². The van der Waals surface area contributed by atoms with Gasteiger partial charge in [-0.05, 0) is 41.8 Å². The Morgan fingerprint density at radius 1 is 0.730 bits per heavy atom. The minimum Gasteiger partial charge on any atom is -0.322 e. The molecule has 6 rings (SSSR count). The van der Waals surface area contributed by atoms with E-state index in [2.05, 4.69) is 15.5 Å². The van der Waals surface area contributed by atoms with Crippen LogP contribution in [0, 0.1) is 0 Å². The van der Waals surface area contributed by atoms with Crippen molar-refractivity contribution in [1.29, 1.82) is 0 Å². The molecule has 6 aromatic rings. The van der Waals surface area contributed by atoms with E-state index in [-0.39, 0.29) is 11.7 Å². The summed E-state index contributed by atoms with van der Waals surface area (Å²) in [6.07, 6.45) is 0. The monoisotopic (exact) mass is 501 g/mol. The van der Waals surface area contributed by atoms with Crippen LogP contribution < -0.4 is 5.32 Å². The molecule has 7 nitrogen and oxygen atoms in total. The van der Waals surface area contributed by atoms with Crippen molar-refractivity contribution < 1.29 is 9.59 Å². The third kappa shape index (κ3) is 4.41. The summed E-state index contributed by atoms with van der Waals surface area (Å²) < 4.78 is 1.73. The number of fused-ring (bicyclic) bond motifs is 1. The van der Waals surface area contributed by atoms with Crippen molar-refractivity contribution in [2.75, 3.05) is 5.32 Å². The van der Waals surface area contributed by atoms with E-state index in [1.807, 2.05) is 60.0 Å². The van der Waals surface area contributed by atoms with Crippen molar-refractivity contribution in [3.63, 3.8) is 0 Å². The van der Waals surface area contributed by atoms with Gasteiger partial charge in [0, 0.05) is 22.4 Å². The number of hydrogen-bond acceptors (Lipinski definition) is 6. The summed E-state index contributed by atoms with van der Waals surface area (Å²) in [7, 11) is 0. The summed E-state index contributed by atoms with van der Waals surface area (Å²) in [5, 5.41) is 18.1. The van der Waals surface area contributed by atoms with E-state index in [1.54, 1.807) is 64.4 Å². The van der Waals surface area contributed by atoms with E-state index >= 15 is 0 Å². The lowest BCUT2D eigenvalue weighted by Crippen LogP contribution is -2.16. The van der Waals surface area contributed by atoms with Gasteiger partial charge in [0.25, 0.3) is 5.91 Å². The van der Waals surface area contributed by atoms with E-state index in [0.717, 1.165) is 16.1 Å². The average molecular weight is 502 g/mol. The van der Waals surface area contributed by atoms with Crippen LogP contribution in [0.25, 0.3) is 27.6 Å². The van der Waals surface area contributed by atoms with Gasteiger partial charge in [-0.2, -0.15) is 9.61 Å². The molecule has 0 bridgehead atoms. The molecule has 0 spiro atoms. The quantitative estimate of drug-likeness (QED) is 0.283. The van der Waals surface area contributed by atoms with Gasteiger partial charge in [-0.1, -0.05) is 66.7 Å². The molecule has 0 unspecified atom stereocenters. The molecular formula is C29H19N5O2S. The Morgan fingerprint density at radius 3 is 2.24 bits per heavy atom. The smallest absolute Gasteiger partial charge is 0.256 e. The zero-order valence-corrected chi connectivity index (χ0v) is 20.2. The van der Waals surface area contributed by atoms with Crippen LogP contribution >= 0.6 is 11.3 Å². The Morgan fingerprint density at radius 2 is 1.49 bits per heavy atom. The van der Waals surface area contributed by atoms with Gasteiger partial charge in [-0.3, -0.25) is 9.59 Å². The highest BCUT2D eigenvalue weighted by Crippen LogP contribution is 2.25. The zero-order chi connectivity index (χ0) is 25.2. The fraction of sp³-hybridized carbons (Fsp3) is 0. The van der Waals surface area contributed by atoms with Crippen LogP contribution in [0.15, 0.2) is 109 Å². The van der Waals surface area contributed by atoms with Crippen LogP contribution in [0.2, 0.25) is 0 Å². The van der Waals surface area contributed by atoms with Gasteiger partial charge in [-0.25, -0.2) is 0 Å². The molecule has 0 fully saturated rings. The Bertz CT molecular complexity index is 1730. The largest absolute Gasteiger partial charge is 0.322 e. The molecule has 3 heterocycles. The van der Waals surface area contributed by atoms with Gasteiger partial charge in [-0.15, -0.1) is 21.5 Å². The Kier molecular flexibility index (Phi) is 5.84. The minimum atomic E-state index is -0.350. The molecule has 0 radical (unpaired) electrons. The van der Waals surface area contributed by atoms with Gasteiger partial charge in [0.2, 0.25) is 0 Å². The van der Waals surface area contributed by atoms with E-state index in [9.17, 15) is 9.59 Å². The summed E-state index contributed by atoms with van der Waals surface area (Å²) in [5.74, 6) is 0.149. The summed E-state index contributed by atoms with van der Waals surface area (Å²) in [6.45, 7) is 0. The normalized spacial score (nSPS) is 10.9. The lowest BCUT2D eigenvalue weighted by molar-refractivity contribution is 0.0996. The first-order chi connectivity index (χ1) is 18.2. The first kappa shape index (κ1) is 22.5. The molecule has 178 valence electrons. The first-order valence-electron chi connectivity index (χ1n) is 11.5. The molecule has 0 atom stereocenters. The molecule has 37 heavy (non-hydrogen) atoms. The second-order valence-corrected chi connectivity index (χ2v) is 9.21. The lowest BCUT2D eigenvalue weighted by atomic mass is 9.98. The number of carbonyl (C=O) groups is 2. The van der Waals surface area contributed by atoms with Gasteiger partial charge in [0.15, 0.2) is 17.3 Å². The first-order valence-corrected chi connectivity index (χ1v) is 12.4.